The monoisotopic (exact) mass is 299 g/mol. The number of likely N-dealkylation sites (tertiary alicyclic amines) is 1. The van der Waals surface area contributed by atoms with Crippen LogP contribution >= 0.6 is 0 Å². The van der Waals surface area contributed by atoms with Crippen LogP contribution in [-0.4, -0.2) is 41.6 Å². The van der Waals surface area contributed by atoms with E-state index < -0.39 is 0 Å². The van der Waals surface area contributed by atoms with Crippen molar-refractivity contribution in [2.45, 2.75) is 25.4 Å². The third-order valence-corrected chi connectivity index (χ3v) is 4.33. The van der Waals surface area contributed by atoms with Crippen molar-refractivity contribution in [2.75, 3.05) is 20.1 Å². The predicted octanol–water partition coefficient (Wildman–Crippen LogP) is 1.21. The van der Waals surface area contributed by atoms with Crippen LogP contribution in [0.5, 0.6) is 0 Å². The third-order valence-electron chi connectivity index (χ3n) is 4.33. The van der Waals surface area contributed by atoms with Gasteiger partial charge in [0, 0.05) is 36.8 Å². The molecule has 0 radical (unpaired) electrons. The Labute approximate surface area is 129 Å². The Kier molecular flexibility index (Phi) is 4.24. The molecule has 0 aliphatic carbocycles. The van der Waals surface area contributed by atoms with Crippen LogP contribution in [0.25, 0.3) is 10.9 Å². The maximum atomic E-state index is 12.6. The summed E-state index contributed by atoms with van der Waals surface area (Å²) in [5.41, 5.74) is 0.807. The second-order valence-electron chi connectivity index (χ2n) is 5.77. The minimum Gasteiger partial charge on any atom is -0.338 e. The Hall–Kier alpha value is -2.14. The fourth-order valence-electron chi connectivity index (χ4n) is 3.25. The van der Waals surface area contributed by atoms with Crippen molar-refractivity contribution in [1.82, 2.24) is 14.8 Å². The normalized spacial score (nSPS) is 18.0. The number of fused-ring (bicyclic) bond motifs is 1. The Morgan fingerprint density at radius 3 is 2.95 bits per heavy atom. The number of pyridine rings is 1. The van der Waals surface area contributed by atoms with Gasteiger partial charge in [-0.05, 0) is 32.0 Å². The molecular weight excluding hydrogens is 278 g/mol. The molecule has 3 rings (SSSR count). The summed E-state index contributed by atoms with van der Waals surface area (Å²) in [6, 6.07) is 9.24. The fourth-order valence-corrected chi connectivity index (χ4v) is 3.25. The second-order valence-corrected chi connectivity index (χ2v) is 5.77. The minimum atomic E-state index is -0.00599. The summed E-state index contributed by atoms with van der Waals surface area (Å²) in [5, 5.41) is 3.81. The third kappa shape index (κ3) is 2.76. The molecule has 1 N–H and O–H groups in total. The lowest BCUT2D eigenvalue weighted by molar-refractivity contribution is -0.132. The Morgan fingerprint density at radius 1 is 1.32 bits per heavy atom. The molecule has 1 aliphatic heterocycles. The summed E-state index contributed by atoms with van der Waals surface area (Å²) in [7, 11) is 1.91. The van der Waals surface area contributed by atoms with Gasteiger partial charge in [0.15, 0.2) is 5.43 Å². The number of aromatic nitrogens is 1. The predicted molar refractivity (Wildman–Crippen MR) is 86.9 cm³/mol. The summed E-state index contributed by atoms with van der Waals surface area (Å²) in [6.45, 7) is 1.93. The first-order valence-electron chi connectivity index (χ1n) is 7.73. The molecule has 116 valence electrons. The summed E-state index contributed by atoms with van der Waals surface area (Å²) >= 11 is 0. The van der Waals surface area contributed by atoms with Gasteiger partial charge in [0.25, 0.3) is 0 Å². The zero-order chi connectivity index (χ0) is 15.5. The van der Waals surface area contributed by atoms with E-state index in [4.69, 9.17) is 0 Å². The van der Waals surface area contributed by atoms with Gasteiger partial charge in [0.2, 0.25) is 5.91 Å². The van der Waals surface area contributed by atoms with Crippen molar-refractivity contribution < 1.29 is 4.79 Å². The molecule has 0 spiro atoms. The summed E-state index contributed by atoms with van der Waals surface area (Å²) < 4.78 is 1.87. The summed E-state index contributed by atoms with van der Waals surface area (Å²) in [5.74, 6) is 0.117. The van der Waals surface area contributed by atoms with E-state index in [0.29, 0.717) is 5.39 Å². The molecule has 0 saturated carbocycles. The highest BCUT2D eigenvalue weighted by atomic mass is 16.2. The summed E-state index contributed by atoms with van der Waals surface area (Å²) in [6.07, 6.45) is 3.83. The van der Waals surface area contributed by atoms with E-state index in [0.717, 1.165) is 31.4 Å². The van der Waals surface area contributed by atoms with Crippen molar-refractivity contribution in [3.05, 3.63) is 46.8 Å². The first kappa shape index (κ1) is 14.8. The van der Waals surface area contributed by atoms with Crippen LogP contribution in [0.3, 0.4) is 0 Å². The molecule has 0 bridgehead atoms. The molecule has 5 nitrogen and oxygen atoms in total. The van der Waals surface area contributed by atoms with Gasteiger partial charge in [-0.3, -0.25) is 9.59 Å². The lowest BCUT2D eigenvalue weighted by Crippen LogP contribution is -2.42. The van der Waals surface area contributed by atoms with E-state index in [9.17, 15) is 9.59 Å². The molecule has 22 heavy (non-hydrogen) atoms. The quantitative estimate of drug-likeness (QED) is 0.923. The van der Waals surface area contributed by atoms with Crippen LogP contribution in [0.15, 0.2) is 41.3 Å². The first-order chi connectivity index (χ1) is 10.7. The van der Waals surface area contributed by atoms with E-state index in [-0.39, 0.29) is 23.9 Å². The zero-order valence-electron chi connectivity index (χ0n) is 12.8. The first-order valence-corrected chi connectivity index (χ1v) is 7.73. The van der Waals surface area contributed by atoms with E-state index >= 15 is 0 Å². The highest BCUT2D eigenvalue weighted by molar-refractivity contribution is 5.82. The number of para-hydroxylation sites is 1. The van der Waals surface area contributed by atoms with Gasteiger partial charge in [-0.2, -0.15) is 0 Å². The van der Waals surface area contributed by atoms with Crippen LogP contribution < -0.4 is 10.7 Å². The van der Waals surface area contributed by atoms with Crippen molar-refractivity contribution in [2.24, 2.45) is 0 Å². The van der Waals surface area contributed by atoms with Crippen molar-refractivity contribution >= 4 is 16.8 Å². The second kappa shape index (κ2) is 6.32. The molecule has 1 aromatic carbocycles. The van der Waals surface area contributed by atoms with E-state index in [1.54, 1.807) is 12.3 Å². The number of likely N-dealkylation sites (N-methyl/N-ethyl adjacent to an activating group) is 1. The SMILES string of the molecule is CNCC1CCCN1C(=O)Cn1ccc(=O)c2ccccc21. The number of amides is 1. The van der Waals surface area contributed by atoms with Gasteiger partial charge in [-0.15, -0.1) is 0 Å². The van der Waals surface area contributed by atoms with Gasteiger partial charge in [-0.25, -0.2) is 0 Å². The number of hydrogen-bond acceptors (Lipinski definition) is 3. The number of carbonyl (C=O) groups is 1. The van der Waals surface area contributed by atoms with Gasteiger partial charge >= 0.3 is 0 Å². The van der Waals surface area contributed by atoms with Crippen LogP contribution in [0, 0.1) is 0 Å². The average molecular weight is 299 g/mol. The Morgan fingerprint density at radius 2 is 2.14 bits per heavy atom. The average Bonchev–Trinajstić information content (AvgIpc) is 2.99. The molecule has 1 aliphatic rings. The molecule has 1 saturated heterocycles. The van der Waals surface area contributed by atoms with Crippen LogP contribution in [0.1, 0.15) is 12.8 Å². The Balaban J connectivity index is 1.86. The molecule has 2 aromatic rings. The van der Waals surface area contributed by atoms with Crippen molar-refractivity contribution in [3.63, 3.8) is 0 Å². The molecule has 1 aromatic heterocycles. The highest BCUT2D eigenvalue weighted by Gasteiger charge is 2.28. The van der Waals surface area contributed by atoms with Gasteiger partial charge < -0.3 is 14.8 Å². The number of nitrogens with zero attached hydrogens (tertiary/aromatic N) is 2. The van der Waals surface area contributed by atoms with E-state index in [1.165, 1.54) is 6.07 Å². The number of rotatable bonds is 4. The molecule has 1 amide bonds. The number of hydrogen-bond donors (Lipinski definition) is 1. The molecule has 2 heterocycles. The minimum absolute atomic E-state index is 0.00599. The largest absolute Gasteiger partial charge is 0.338 e. The number of carbonyl (C=O) groups excluding carboxylic acids is 1. The number of nitrogens with one attached hydrogen (secondary N) is 1. The molecular formula is C17H21N3O2. The van der Waals surface area contributed by atoms with Crippen LogP contribution in [0.2, 0.25) is 0 Å². The van der Waals surface area contributed by atoms with Gasteiger partial charge in [-0.1, -0.05) is 12.1 Å². The zero-order valence-corrected chi connectivity index (χ0v) is 12.8. The fraction of sp³-hybridized carbons (Fsp3) is 0.412. The standard InChI is InChI=1S/C17H21N3O2/c1-18-11-13-5-4-9-20(13)17(22)12-19-10-8-16(21)14-6-2-3-7-15(14)19/h2-3,6-8,10,13,18H,4-5,9,11-12H2,1H3. The van der Waals surface area contributed by atoms with Gasteiger partial charge in [0.1, 0.15) is 6.54 Å². The maximum absolute atomic E-state index is 12.6. The molecule has 5 heteroatoms. The van der Waals surface area contributed by atoms with E-state index in [2.05, 4.69) is 5.32 Å². The van der Waals surface area contributed by atoms with Crippen molar-refractivity contribution in [1.29, 1.82) is 0 Å². The highest BCUT2D eigenvalue weighted by Crippen LogP contribution is 2.18. The number of benzene rings is 1. The maximum Gasteiger partial charge on any atom is 0.242 e. The van der Waals surface area contributed by atoms with Gasteiger partial charge in [0.05, 0.1) is 5.52 Å². The van der Waals surface area contributed by atoms with Crippen molar-refractivity contribution in [3.8, 4) is 0 Å². The lowest BCUT2D eigenvalue weighted by atomic mass is 10.2. The molecule has 1 atom stereocenters. The molecule has 1 fully saturated rings. The Bertz CT molecular complexity index is 738. The van der Waals surface area contributed by atoms with Crippen LogP contribution in [-0.2, 0) is 11.3 Å². The lowest BCUT2D eigenvalue weighted by Gasteiger charge is -2.25. The van der Waals surface area contributed by atoms with E-state index in [1.807, 2.05) is 34.7 Å². The summed E-state index contributed by atoms with van der Waals surface area (Å²) in [4.78, 5) is 26.5. The topological polar surface area (TPSA) is 54.3 Å². The van der Waals surface area contributed by atoms with Crippen LogP contribution in [0.4, 0.5) is 0 Å². The smallest absolute Gasteiger partial charge is 0.242 e. The molecule has 1 unspecified atom stereocenters.